The van der Waals surface area contributed by atoms with Gasteiger partial charge in [-0.2, -0.15) is 0 Å². The normalized spacial score (nSPS) is 11.0. The molecule has 0 saturated heterocycles. The van der Waals surface area contributed by atoms with Crippen LogP contribution in [0.4, 0.5) is 17.1 Å². The Morgan fingerprint density at radius 2 is 1.00 bits per heavy atom. The van der Waals surface area contributed by atoms with Crippen molar-refractivity contribution in [3.8, 4) is 11.1 Å². The molecule has 2 heteroatoms. The first-order valence-electron chi connectivity index (χ1n) is 11.3. The molecule has 1 nitrogen and oxygen atoms in total. The third-order valence-electron chi connectivity index (χ3n) is 5.71. The summed E-state index contributed by atoms with van der Waals surface area (Å²) in [5, 5.41) is 0. The van der Waals surface area contributed by atoms with Crippen molar-refractivity contribution in [2.75, 3.05) is 4.90 Å². The molecule has 0 aliphatic heterocycles. The van der Waals surface area contributed by atoms with Gasteiger partial charge >= 0.3 is 0 Å². The standard InChI is InChI=1S/C32H24BrN/c33-29-20-18-27(19-21-29)28-9-7-8-26(24-28)15-14-25-16-22-32(23-17-25)34(30-10-3-1-4-11-30)31-12-5-2-6-13-31/h1-24H. The molecule has 0 saturated carbocycles. The third kappa shape index (κ3) is 5.19. The van der Waals surface area contributed by atoms with Crippen molar-refractivity contribution in [3.63, 3.8) is 0 Å². The summed E-state index contributed by atoms with van der Waals surface area (Å²) in [6, 6.07) is 46.7. The minimum atomic E-state index is 1.09. The first kappa shape index (κ1) is 21.9. The molecule has 0 bridgehead atoms. The van der Waals surface area contributed by atoms with Crippen LogP contribution in [0.2, 0.25) is 0 Å². The van der Waals surface area contributed by atoms with Crippen LogP contribution in [-0.2, 0) is 0 Å². The molecule has 5 rings (SSSR count). The molecule has 0 aliphatic rings. The Bertz CT molecular complexity index is 1330. The number of halogens is 1. The fraction of sp³-hybridized carbons (Fsp3) is 0. The molecule has 0 radical (unpaired) electrons. The Labute approximate surface area is 209 Å². The number of nitrogens with zero attached hydrogens (tertiary/aromatic N) is 1. The highest BCUT2D eigenvalue weighted by Crippen LogP contribution is 2.34. The topological polar surface area (TPSA) is 3.24 Å². The van der Waals surface area contributed by atoms with Gasteiger partial charge in [0, 0.05) is 21.5 Å². The van der Waals surface area contributed by atoms with E-state index in [1.54, 1.807) is 0 Å². The molecule has 0 N–H and O–H groups in total. The summed E-state index contributed by atoms with van der Waals surface area (Å²) in [5.41, 5.74) is 8.19. The molecule has 0 atom stereocenters. The summed E-state index contributed by atoms with van der Waals surface area (Å²) >= 11 is 3.51. The maximum atomic E-state index is 3.51. The zero-order chi connectivity index (χ0) is 23.2. The Morgan fingerprint density at radius 3 is 1.62 bits per heavy atom. The second-order valence-electron chi connectivity index (χ2n) is 8.06. The molecule has 164 valence electrons. The Hall–Kier alpha value is -3.88. The Balaban J connectivity index is 1.39. The van der Waals surface area contributed by atoms with E-state index in [1.807, 2.05) is 12.1 Å². The minimum absolute atomic E-state index is 1.09. The highest BCUT2D eigenvalue weighted by molar-refractivity contribution is 9.10. The fourth-order valence-electron chi connectivity index (χ4n) is 3.99. The second kappa shape index (κ2) is 10.4. The number of para-hydroxylation sites is 2. The fourth-order valence-corrected chi connectivity index (χ4v) is 4.26. The molecule has 0 aromatic heterocycles. The molecule has 5 aromatic rings. The van der Waals surface area contributed by atoms with Crippen molar-refractivity contribution in [1.82, 2.24) is 0 Å². The lowest BCUT2D eigenvalue weighted by atomic mass is 10.0. The molecule has 0 unspecified atom stereocenters. The van der Waals surface area contributed by atoms with E-state index in [-0.39, 0.29) is 0 Å². The summed E-state index contributed by atoms with van der Waals surface area (Å²) in [7, 11) is 0. The number of hydrogen-bond acceptors (Lipinski definition) is 1. The molecule has 0 fully saturated rings. The van der Waals surface area contributed by atoms with E-state index >= 15 is 0 Å². The van der Waals surface area contributed by atoms with Crippen molar-refractivity contribution in [2.45, 2.75) is 0 Å². The van der Waals surface area contributed by atoms with Gasteiger partial charge in [-0.1, -0.05) is 107 Å². The number of anilines is 3. The maximum Gasteiger partial charge on any atom is 0.0462 e. The first-order valence-corrected chi connectivity index (χ1v) is 12.1. The molecule has 0 heterocycles. The van der Waals surface area contributed by atoms with Crippen molar-refractivity contribution >= 4 is 45.1 Å². The van der Waals surface area contributed by atoms with Gasteiger partial charge in [-0.3, -0.25) is 0 Å². The molecular formula is C32H24BrN. The van der Waals surface area contributed by atoms with Crippen LogP contribution in [-0.4, -0.2) is 0 Å². The van der Waals surface area contributed by atoms with Gasteiger partial charge in [0.05, 0.1) is 0 Å². The second-order valence-corrected chi connectivity index (χ2v) is 8.98. The number of hydrogen-bond donors (Lipinski definition) is 0. The van der Waals surface area contributed by atoms with Crippen molar-refractivity contribution < 1.29 is 0 Å². The average molecular weight is 502 g/mol. The van der Waals surface area contributed by atoms with Crippen LogP contribution in [0.3, 0.4) is 0 Å². The summed E-state index contributed by atoms with van der Waals surface area (Å²) in [6.07, 6.45) is 4.34. The summed E-state index contributed by atoms with van der Waals surface area (Å²) in [4.78, 5) is 2.27. The average Bonchev–Trinajstić information content (AvgIpc) is 2.90. The third-order valence-corrected chi connectivity index (χ3v) is 6.24. The predicted octanol–water partition coefficient (Wildman–Crippen LogP) is 9.76. The Kier molecular flexibility index (Phi) is 6.69. The van der Waals surface area contributed by atoms with E-state index in [9.17, 15) is 0 Å². The number of benzene rings is 5. The van der Waals surface area contributed by atoms with Crippen LogP contribution in [0.5, 0.6) is 0 Å². The largest absolute Gasteiger partial charge is 0.311 e. The van der Waals surface area contributed by atoms with Gasteiger partial charge in [0.1, 0.15) is 0 Å². The van der Waals surface area contributed by atoms with Crippen LogP contribution in [0.1, 0.15) is 11.1 Å². The predicted molar refractivity (Wildman–Crippen MR) is 150 cm³/mol. The van der Waals surface area contributed by atoms with Gasteiger partial charge in [0.25, 0.3) is 0 Å². The van der Waals surface area contributed by atoms with E-state index in [2.05, 4.69) is 154 Å². The molecule has 5 aromatic carbocycles. The van der Waals surface area contributed by atoms with Crippen LogP contribution < -0.4 is 4.90 Å². The van der Waals surface area contributed by atoms with Crippen LogP contribution in [0, 0.1) is 0 Å². The summed E-state index contributed by atoms with van der Waals surface area (Å²) in [5.74, 6) is 0. The molecule has 0 amide bonds. The van der Waals surface area contributed by atoms with Gasteiger partial charge in [-0.25, -0.2) is 0 Å². The monoisotopic (exact) mass is 501 g/mol. The zero-order valence-electron chi connectivity index (χ0n) is 18.7. The maximum absolute atomic E-state index is 3.51. The molecule has 0 spiro atoms. The summed E-state index contributed by atoms with van der Waals surface area (Å²) in [6.45, 7) is 0. The number of rotatable bonds is 6. The lowest BCUT2D eigenvalue weighted by Crippen LogP contribution is -2.09. The van der Waals surface area contributed by atoms with Crippen LogP contribution >= 0.6 is 15.9 Å². The lowest BCUT2D eigenvalue weighted by molar-refractivity contribution is 1.28. The lowest BCUT2D eigenvalue weighted by Gasteiger charge is -2.25. The SMILES string of the molecule is Brc1ccc(-c2cccc(C=Cc3ccc(N(c4ccccc4)c4ccccc4)cc3)c2)cc1. The van der Waals surface area contributed by atoms with E-state index < -0.39 is 0 Å². The van der Waals surface area contributed by atoms with Crippen LogP contribution in [0.25, 0.3) is 23.3 Å². The highest BCUT2D eigenvalue weighted by Gasteiger charge is 2.11. The van der Waals surface area contributed by atoms with Gasteiger partial charge < -0.3 is 4.90 Å². The first-order chi connectivity index (χ1) is 16.8. The highest BCUT2D eigenvalue weighted by atomic mass is 79.9. The zero-order valence-corrected chi connectivity index (χ0v) is 20.3. The molecular weight excluding hydrogens is 478 g/mol. The smallest absolute Gasteiger partial charge is 0.0462 e. The summed E-state index contributed by atoms with van der Waals surface area (Å²) < 4.78 is 1.09. The van der Waals surface area contributed by atoms with E-state index in [0.29, 0.717) is 0 Å². The molecule has 34 heavy (non-hydrogen) atoms. The Morgan fingerprint density at radius 1 is 0.441 bits per heavy atom. The van der Waals surface area contributed by atoms with Gasteiger partial charge in [0.15, 0.2) is 0 Å². The van der Waals surface area contributed by atoms with E-state index in [0.717, 1.165) is 21.5 Å². The van der Waals surface area contributed by atoms with Crippen LogP contribution in [0.15, 0.2) is 138 Å². The van der Waals surface area contributed by atoms with Crippen molar-refractivity contribution in [1.29, 1.82) is 0 Å². The quantitative estimate of drug-likeness (QED) is 0.209. The van der Waals surface area contributed by atoms with E-state index in [1.165, 1.54) is 22.3 Å². The van der Waals surface area contributed by atoms with Gasteiger partial charge in [-0.05, 0) is 76.9 Å². The molecule has 0 aliphatic carbocycles. The van der Waals surface area contributed by atoms with Crippen molar-refractivity contribution in [3.05, 3.63) is 149 Å². The van der Waals surface area contributed by atoms with E-state index in [4.69, 9.17) is 0 Å². The van der Waals surface area contributed by atoms with Gasteiger partial charge in [-0.15, -0.1) is 0 Å². The van der Waals surface area contributed by atoms with Crippen molar-refractivity contribution in [2.24, 2.45) is 0 Å². The minimum Gasteiger partial charge on any atom is -0.311 e. The van der Waals surface area contributed by atoms with Gasteiger partial charge in [0.2, 0.25) is 0 Å².